The van der Waals surface area contributed by atoms with Crippen molar-refractivity contribution in [2.24, 2.45) is 5.73 Å². The molecule has 5 rings (SSSR count). The van der Waals surface area contributed by atoms with Gasteiger partial charge in [0.1, 0.15) is 6.33 Å². The second-order valence-electron chi connectivity index (χ2n) is 8.52. The van der Waals surface area contributed by atoms with E-state index in [0.717, 1.165) is 57.0 Å². The number of fused-ring (bicyclic) bond motifs is 1. The molecule has 4 aromatic rings. The molecule has 1 aliphatic heterocycles. The van der Waals surface area contributed by atoms with Crippen LogP contribution in [0.4, 0.5) is 14.5 Å². The molecule has 7 nitrogen and oxygen atoms in total. The monoisotopic (exact) mass is 496 g/mol. The van der Waals surface area contributed by atoms with Gasteiger partial charge in [-0.1, -0.05) is 18.2 Å². The molecule has 1 aliphatic rings. The van der Waals surface area contributed by atoms with E-state index in [9.17, 15) is 13.6 Å². The Hall–Kier alpha value is -3.34. The summed E-state index contributed by atoms with van der Waals surface area (Å²) in [5, 5.41) is 8.45. The highest BCUT2D eigenvalue weighted by atomic mass is 32.1. The lowest BCUT2D eigenvalue weighted by molar-refractivity contribution is 0.400. The third kappa shape index (κ3) is 5.04. The van der Waals surface area contributed by atoms with Gasteiger partial charge >= 0.3 is 5.69 Å². The summed E-state index contributed by atoms with van der Waals surface area (Å²) in [4.78, 5) is 16.0. The minimum absolute atomic E-state index is 0.298. The number of rotatable bonds is 7. The van der Waals surface area contributed by atoms with Crippen LogP contribution < -0.4 is 21.6 Å². The van der Waals surface area contributed by atoms with Crippen LogP contribution in [0.3, 0.4) is 0 Å². The van der Waals surface area contributed by atoms with Gasteiger partial charge < -0.3 is 16.0 Å². The van der Waals surface area contributed by atoms with Gasteiger partial charge in [0.2, 0.25) is 0 Å². The molecular weight excluding hydrogens is 470 g/mol. The lowest BCUT2D eigenvalue weighted by Crippen LogP contribution is -2.43. The molecule has 1 saturated heterocycles. The van der Waals surface area contributed by atoms with Crippen LogP contribution in [-0.2, 0) is 13.1 Å². The van der Waals surface area contributed by atoms with Gasteiger partial charge in [0, 0.05) is 53.6 Å². The van der Waals surface area contributed by atoms with Crippen molar-refractivity contribution in [1.29, 1.82) is 0 Å². The molecule has 0 unspecified atom stereocenters. The van der Waals surface area contributed by atoms with Crippen LogP contribution in [0.15, 0.2) is 71.3 Å². The lowest BCUT2D eigenvalue weighted by atomic mass is 10.0. The molecular formula is C25H26F2N6OS. The summed E-state index contributed by atoms with van der Waals surface area (Å²) in [5.74, 6) is 0. The summed E-state index contributed by atoms with van der Waals surface area (Å²) in [7, 11) is 0. The van der Waals surface area contributed by atoms with Crippen LogP contribution in [-0.4, -0.2) is 47.1 Å². The van der Waals surface area contributed by atoms with Gasteiger partial charge in [-0.05, 0) is 46.8 Å². The van der Waals surface area contributed by atoms with Crippen molar-refractivity contribution in [2.45, 2.75) is 13.1 Å². The molecule has 35 heavy (non-hydrogen) atoms. The minimum Gasteiger partial charge on any atom is -0.369 e. The maximum Gasteiger partial charge on any atom is 0.346 e. The molecule has 0 spiro atoms. The predicted molar refractivity (Wildman–Crippen MR) is 136 cm³/mol. The Morgan fingerprint density at radius 2 is 1.80 bits per heavy atom. The van der Waals surface area contributed by atoms with Gasteiger partial charge in [0.25, 0.3) is 6.08 Å². The Kier molecular flexibility index (Phi) is 6.76. The summed E-state index contributed by atoms with van der Waals surface area (Å²) < 4.78 is 29.3. The Morgan fingerprint density at radius 1 is 1.06 bits per heavy atom. The lowest BCUT2D eigenvalue weighted by Gasteiger charge is -2.29. The van der Waals surface area contributed by atoms with E-state index in [0.29, 0.717) is 6.54 Å². The number of anilines is 1. The van der Waals surface area contributed by atoms with Crippen LogP contribution in [0.5, 0.6) is 0 Å². The highest BCUT2D eigenvalue weighted by Gasteiger charge is 2.13. The molecule has 3 N–H and O–H groups in total. The molecule has 2 aromatic carbocycles. The average molecular weight is 497 g/mol. The maximum absolute atomic E-state index is 12.9. The van der Waals surface area contributed by atoms with Gasteiger partial charge in [0.15, 0.2) is 0 Å². The first-order chi connectivity index (χ1) is 17.0. The molecule has 0 saturated carbocycles. The van der Waals surface area contributed by atoms with E-state index in [2.05, 4.69) is 63.8 Å². The fraction of sp³-hybridized carbons (Fsp3) is 0.280. The zero-order chi connectivity index (χ0) is 24.4. The fourth-order valence-corrected chi connectivity index (χ4v) is 5.33. The molecule has 3 heterocycles. The third-order valence-corrected chi connectivity index (χ3v) is 7.33. The largest absolute Gasteiger partial charge is 0.369 e. The van der Waals surface area contributed by atoms with Crippen molar-refractivity contribution in [3.8, 4) is 11.1 Å². The van der Waals surface area contributed by atoms with E-state index >= 15 is 0 Å². The number of piperazine rings is 1. The number of hydrogen-bond donors (Lipinski definition) is 2. The first kappa shape index (κ1) is 23.4. The summed E-state index contributed by atoms with van der Waals surface area (Å²) in [5.41, 5.74) is 8.13. The van der Waals surface area contributed by atoms with Crippen LogP contribution in [0.1, 0.15) is 4.88 Å². The van der Waals surface area contributed by atoms with Gasteiger partial charge in [-0.2, -0.15) is 13.9 Å². The molecule has 10 heteroatoms. The van der Waals surface area contributed by atoms with Crippen molar-refractivity contribution < 1.29 is 8.78 Å². The minimum atomic E-state index is -1.87. The molecule has 0 radical (unpaired) electrons. The van der Waals surface area contributed by atoms with E-state index in [4.69, 9.17) is 5.73 Å². The summed E-state index contributed by atoms with van der Waals surface area (Å²) in [6.45, 7) is 3.74. The van der Waals surface area contributed by atoms with E-state index < -0.39 is 11.8 Å². The zero-order valence-corrected chi connectivity index (χ0v) is 19.9. The molecule has 182 valence electrons. The number of halogens is 2. The number of nitrogens with one attached hydrogen (secondary N) is 1. The standard InChI is InChI=1S/C25H26F2N6OS/c26-24(27)20(13-28)14-33-25(34)32(16-30-33)15-22-12-19-11-18(3-6-23(19)35-22)17-1-4-21(5-2-17)31-9-7-29-8-10-31/h1-6,11-12,16,29H,7-10,13-15,28H2. The first-order valence-electron chi connectivity index (χ1n) is 11.5. The number of nitrogens with zero attached hydrogens (tertiary/aromatic N) is 4. The second kappa shape index (κ2) is 10.1. The number of nitrogens with two attached hydrogens (primary N) is 1. The van der Waals surface area contributed by atoms with Crippen molar-refractivity contribution >= 4 is 27.1 Å². The summed E-state index contributed by atoms with van der Waals surface area (Å²) in [6, 6.07) is 17.1. The predicted octanol–water partition coefficient (Wildman–Crippen LogP) is 3.49. The quantitative estimate of drug-likeness (QED) is 0.409. The van der Waals surface area contributed by atoms with E-state index in [-0.39, 0.29) is 18.7 Å². The molecule has 0 amide bonds. The molecule has 0 bridgehead atoms. The third-order valence-electron chi connectivity index (χ3n) is 6.23. The molecule has 0 atom stereocenters. The molecule has 2 aromatic heterocycles. The molecule has 1 fully saturated rings. The van der Waals surface area contributed by atoms with Crippen LogP contribution in [0, 0.1) is 0 Å². The zero-order valence-electron chi connectivity index (χ0n) is 19.1. The topological polar surface area (TPSA) is 81.1 Å². The maximum atomic E-state index is 12.9. The van der Waals surface area contributed by atoms with Crippen molar-refractivity contribution in [2.75, 3.05) is 37.6 Å². The van der Waals surface area contributed by atoms with Crippen LogP contribution >= 0.6 is 11.3 Å². The normalized spacial score (nSPS) is 14.0. The fourth-order valence-electron chi connectivity index (χ4n) is 4.28. The highest BCUT2D eigenvalue weighted by Crippen LogP contribution is 2.31. The number of hydrogen-bond acceptors (Lipinski definition) is 6. The van der Waals surface area contributed by atoms with E-state index in [1.54, 1.807) is 11.3 Å². The van der Waals surface area contributed by atoms with E-state index in [1.807, 2.05) is 0 Å². The van der Waals surface area contributed by atoms with Crippen molar-refractivity contribution in [3.05, 3.63) is 81.9 Å². The SMILES string of the molecule is NCC(Cn1ncn(Cc2cc3cc(-c4ccc(N5CCNCC5)cc4)ccc3s2)c1=O)=C(F)F. The number of benzene rings is 2. The van der Waals surface area contributed by atoms with Crippen molar-refractivity contribution in [3.63, 3.8) is 0 Å². The summed E-state index contributed by atoms with van der Waals surface area (Å²) >= 11 is 1.60. The molecule has 0 aliphatic carbocycles. The Balaban J connectivity index is 1.33. The van der Waals surface area contributed by atoms with Gasteiger partial charge in [-0.25, -0.2) is 9.48 Å². The van der Waals surface area contributed by atoms with Gasteiger partial charge in [0.05, 0.1) is 13.1 Å². The number of thiophene rings is 1. The Morgan fingerprint density at radius 3 is 2.51 bits per heavy atom. The van der Waals surface area contributed by atoms with Crippen molar-refractivity contribution in [1.82, 2.24) is 19.7 Å². The van der Waals surface area contributed by atoms with E-state index in [1.165, 1.54) is 16.6 Å². The number of aromatic nitrogens is 3. The smallest absolute Gasteiger partial charge is 0.346 e. The first-order valence-corrected chi connectivity index (χ1v) is 12.3. The highest BCUT2D eigenvalue weighted by molar-refractivity contribution is 7.19. The van der Waals surface area contributed by atoms with Crippen LogP contribution in [0.25, 0.3) is 21.2 Å². The van der Waals surface area contributed by atoms with Crippen LogP contribution in [0.2, 0.25) is 0 Å². The average Bonchev–Trinajstić information content (AvgIpc) is 3.45. The van der Waals surface area contributed by atoms with Gasteiger partial charge in [-0.3, -0.25) is 4.57 Å². The second-order valence-corrected chi connectivity index (χ2v) is 9.68. The van der Waals surface area contributed by atoms with Gasteiger partial charge in [-0.15, -0.1) is 11.3 Å². The Bertz CT molecular complexity index is 1410. The Labute approximate surface area is 205 Å². The summed E-state index contributed by atoms with van der Waals surface area (Å²) in [6.07, 6.45) is -0.491.